The minimum Gasteiger partial charge on any atom is -1.00 e. The van der Waals surface area contributed by atoms with Gasteiger partial charge in [0.25, 0.3) is 0 Å². The van der Waals surface area contributed by atoms with Crippen LogP contribution in [0.25, 0.3) is 0 Å². The summed E-state index contributed by atoms with van der Waals surface area (Å²) in [4.78, 5) is 10.5. The van der Waals surface area contributed by atoms with Crippen LogP contribution in [0, 0.1) is 0 Å². The van der Waals surface area contributed by atoms with E-state index in [0.717, 1.165) is 13.0 Å². The standard InChI is InChI=1S/C15H31NO2.Li.H/c1-3-4-5-6-7-8-9-10-11-12-13-16-14(2)15(17)18;;/h14,16H,3-13H2,1-2H3,(H,17,18);;/q;+1;-1. The van der Waals surface area contributed by atoms with Crippen LogP contribution in [0.15, 0.2) is 0 Å². The number of carboxylic acids is 1. The van der Waals surface area contributed by atoms with Crippen molar-refractivity contribution >= 4 is 5.97 Å². The maximum atomic E-state index is 10.5. The Morgan fingerprint density at radius 3 is 1.84 bits per heavy atom. The molecule has 0 heterocycles. The van der Waals surface area contributed by atoms with Crippen LogP contribution < -0.4 is 24.2 Å². The SMILES string of the molecule is CCCCCCCCCCCCNC(C)C(=O)O.[H-].[Li+]. The summed E-state index contributed by atoms with van der Waals surface area (Å²) < 4.78 is 0. The van der Waals surface area contributed by atoms with E-state index in [-0.39, 0.29) is 20.3 Å². The average molecular weight is 265 g/mol. The zero-order valence-corrected chi connectivity index (χ0v) is 13.2. The smallest absolute Gasteiger partial charge is 1.00 e. The Labute approximate surface area is 132 Å². The summed E-state index contributed by atoms with van der Waals surface area (Å²) in [5.74, 6) is -0.762. The Morgan fingerprint density at radius 1 is 1.00 bits per heavy atom. The Kier molecular flexibility index (Phi) is 18.1. The first-order chi connectivity index (χ1) is 8.68. The Hall–Kier alpha value is 0.0274. The molecule has 110 valence electrons. The number of hydrogen-bond acceptors (Lipinski definition) is 2. The van der Waals surface area contributed by atoms with Crippen LogP contribution in [0.1, 0.15) is 79.5 Å². The molecule has 0 aromatic rings. The summed E-state index contributed by atoms with van der Waals surface area (Å²) in [5, 5.41) is 11.7. The molecule has 0 saturated heterocycles. The van der Waals surface area contributed by atoms with Crippen molar-refractivity contribution in [3.63, 3.8) is 0 Å². The van der Waals surface area contributed by atoms with E-state index in [0.29, 0.717) is 0 Å². The van der Waals surface area contributed by atoms with Gasteiger partial charge in [0.05, 0.1) is 0 Å². The molecule has 0 aliphatic carbocycles. The number of rotatable bonds is 13. The predicted molar refractivity (Wildman–Crippen MR) is 78.1 cm³/mol. The molecule has 0 bridgehead atoms. The van der Waals surface area contributed by atoms with Crippen molar-refractivity contribution in [3.05, 3.63) is 0 Å². The van der Waals surface area contributed by atoms with Crippen molar-refractivity contribution in [2.45, 2.75) is 84.1 Å². The molecule has 0 rings (SSSR count). The number of carboxylic acid groups (broad SMARTS) is 1. The van der Waals surface area contributed by atoms with Gasteiger partial charge in [0.2, 0.25) is 0 Å². The summed E-state index contributed by atoms with van der Waals surface area (Å²) in [5.41, 5.74) is 0. The molecule has 0 spiro atoms. The molecule has 1 unspecified atom stereocenters. The topological polar surface area (TPSA) is 49.3 Å². The molecule has 0 saturated carbocycles. The van der Waals surface area contributed by atoms with E-state index in [4.69, 9.17) is 5.11 Å². The first kappa shape index (κ1) is 21.3. The first-order valence-corrected chi connectivity index (χ1v) is 7.64. The summed E-state index contributed by atoms with van der Waals surface area (Å²) in [6.45, 7) is 4.77. The molecule has 4 heteroatoms. The number of nitrogens with one attached hydrogen (secondary N) is 1. The van der Waals surface area contributed by atoms with E-state index in [1.54, 1.807) is 6.92 Å². The zero-order chi connectivity index (χ0) is 13.6. The molecule has 0 fully saturated rings. The van der Waals surface area contributed by atoms with Gasteiger partial charge in [-0.05, 0) is 19.9 Å². The number of hydrogen-bond donors (Lipinski definition) is 2. The summed E-state index contributed by atoms with van der Waals surface area (Å²) in [7, 11) is 0. The fourth-order valence-corrected chi connectivity index (χ4v) is 2.02. The molecular weight excluding hydrogens is 233 g/mol. The second-order valence-electron chi connectivity index (χ2n) is 5.20. The molecule has 0 aliphatic rings. The van der Waals surface area contributed by atoms with Gasteiger partial charge in [-0.15, -0.1) is 0 Å². The molecule has 0 amide bonds. The van der Waals surface area contributed by atoms with E-state index in [1.165, 1.54) is 57.8 Å². The van der Waals surface area contributed by atoms with Crippen molar-refractivity contribution in [1.82, 2.24) is 5.32 Å². The van der Waals surface area contributed by atoms with Gasteiger partial charge in [0.1, 0.15) is 6.04 Å². The van der Waals surface area contributed by atoms with Crippen LogP contribution in [-0.4, -0.2) is 23.7 Å². The third kappa shape index (κ3) is 16.0. The molecule has 0 aliphatic heterocycles. The molecule has 2 N–H and O–H groups in total. The quantitative estimate of drug-likeness (QED) is 0.387. The minimum atomic E-state index is -0.762. The van der Waals surface area contributed by atoms with Crippen molar-refractivity contribution in [3.8, 4) is 0 Å². The third-order valence-corrected chi connectivity index (χ3v) is 3.35. The second-order valence-corrected chi connectivity index (χ2v) is 5.20. The molecule has 0 radical (unpaired) electrons. The third-order valence-electron chi connectivity index (χ3n) is 3.35. The molecule has 0 aromatic heterocycles. The van der Waals surface area contributed by atoms with Gasteiger partial charge in [-0.1, -0.05) is 64.7 Å². The van der Waals surface area contributed by atoms with Crippen LogP contribution in [0.3, 0.4) is 0 Å². The van der Waals surface area contributed by atoms with Crippen molar-refractivity contribution in [1.29, 1.82) is 0 Å². The van der Waals surface area contributed by atoms with Crippen LogP contribution >= 0.6 is 0 Å². The summed E-state index contributed by atoms with van der Waals surface area (Å²) in [6, 6.07) is -0.413. The molecular formula is C15H32LiNO2. The van der Waals surface area contributed by atoms with Gasteiger partial charge < -0.3 is 11.8 Å². The molecule has 0 aromatic carbocycles. The maximum absolute atomic E-state index is 10.5. The van der Waals surface area contributed by atoms with E-state index in [1.807, 2.05) is 0 Å². The van der Waals surface area contributed by atoms with Gasteiger partial charge in [-0.3, -0.25) is 4.79 Å². The van der Waals surface area contributed by atoms with E-state index in [2.05, 4.69) is 12.2 Å². The first-order valence-electron chi connectivity index (χ1n) is 7.64. The average Bonchev–Trinajstić information content (AvgIpc) is 2.35. The van der Waals surface area contributed by atoms with Crippen molar-refractivity contribution < 1.29 is 30.2 Å². The van der Waals surface area contributed by atoms with Crippen LogP contribution in [0.5, 0.6) is 0 Å². The van der Waals surface area contributed by atoms with Crippen LogP contribution in [-0.2, 0) is 4.79 Å². The van der Waals surface area contributed by atoms with Gasteiger partial charge in [0, 0.05) is 0 Å². The fourth-order valence-electron chi connectivity index (χ4n) is 2.02. The Bertz CT molecular complexity index is 206. The molecule has 3 nitrogen and oxygen atoms in total. The number of carbonyl (C=O) groups is 1. The van der Waals surface area contributed by atoms with Gasteiger partial charge in [-0.25, -0.2) is 0 Å². The summed E-state index contributed by atoms with van der Waals surface area (Å²) >= 11 is 0. The largest absolute Gasteiger partial charge is 1.00 e. The minimum absolute atomic E-state index is 0. The number of unbranched alkanes of at least 4 members (excludes halogenated alkanes) is 9. The molecule has 19 heavy (non-hydrogen) atoms. The number of aliphatic carboxylic acids is 1. The zero-order valence-electron chi connectivity index (χ0n) is 14.2. The monoisotopic (exact) mass is 265 g/mol. The van der Waals surface area contributed by atoms with E-state index < -0.39 is 12.0 Å². The fraction of sp³-hybridized carbons (Fsp3) is 0.933. The van der Waals surface area contributed by atoms with E-state index in [9.17, 15) is 4.79 Å². The maximum Gasteiger partial charge on any atom is 1.00 e. The van der Waals surface area contributed by atoms with Crippen molar-refractivity contribution in [2.24, 2.45) is 0 Å². The Morgan fingerprint density at radius 2 is 1.42 bits per heavy atom. The van der Waals surface area contributed by atoms with E-state index >= 15 is 0 Å². The summed E-state index contributed by atoms with van der Waals surface area (Å²) in [6.07, 6.45) is 13.2. The van der Waals surface area contributed by atoms with Gasteiger partial charge >= 0.3 is 24.8 Å². The normalized spacial score (nSPS) is 11.9. The Balaban J connectivity index is -0.00000144. The second kappa shape index (κ2) is 16.1. The van der Waals surface area contributed by atoms with Crippen LogP contribution in [0.2, 0.25) is 0 Å². The van der Waals surface area contributed by atoms with Gasteiger partial charge in [-0.2, -0.15) is 0 Å². The predicted octanol–water partition coefficient (Wildman–Crippen LogP) is 1.09. The van der Waals surface area contributed by atoms with Gasteiger partial charge in [0.15, 0.2) is 0 Å². The van der Waals surface area contributed by atoms with Crippen LogP contribution in [0.4, 0.5) is 0 Å². The van der Waals surface area contributed by atoms with Crippen molar-refractivity contribution in [2.75, 3.05) is 6.54 Å². The molecule has 1 atom stereocenters.